The second-order valence-corrected chi connectivity index (χ2v) is 5.35. The molecule has 0 saturated carbocycles. The number of rotatable bonds is 4. The van der Waals surface area contributed by atoms with Crippen LogP contribution in [-0.2, 0) is 0 Å². The molecule has 1 aromatic rings. The average molecular weight is 254 g/mol. The highest BCUT2D eigenvalue weighted by atomic mass is 35.5. The molecule has 2 nitrogen and oxygen atoms in total. The van der Waals surface area contributed by atoms with Crippen LogP contribution in [0, 0.1) is 19.8 Å². The molecule has 1 atom stereocenters. The van der Waals surface area contributed by atoms with E-state index in [4.69, 9.17) is 11.6 Å². The minimum Gasteiger partial charge on any atom is -0.351 e. The number of aryl methyl sites for hydroxylation is 2. The fourth-order valence-corrected chi connectivity index (χ4v) is 1.67. The van der Waals surface area contributed by atoms with Crippen molar-refractivity contribution in [3.63, 3.8) is 0 Å². The van der Waals surface area contributed by atoms with Crippen molar-refractivity contribution >= 4 is 17.5 Å². The van der Waals surface area contributed by atoms with Gasteiger partial charge in [-0.2, -0.15) is 0 Å². The summed E-state index contributed by atoms with van der Waals surface area (Å²) in [5, 5.41) is 2.85. The van der Waals surface area contributed by atoms with Gasteiger partial charge in [0, 0.05) is 12.1 Å². The van der Waals surface area contributed by atoms with Gasteiger partial charge in [-0.1, -0.05) is 31.5 Å². The summed E-state index contributed by atoms with van der Waals surface area (Å²) in [6.07, 6.45) is 0. The number of nitrogens with one attached hydrogen (secondary N) is 1. The van der Waals surface area contributed by atoms with Gasteiger partial charge in [0.15, 0.2) is 0 Å². The van der Waals surface area contributed by atoms with Crippen molar-refractivity contribution in [3.8, 4) is 0 Å². The maximum Gasteiger partial charge on any atom is 0.251 e. The molecule has 0 heterocycles. The molecule has 1 amide bonds. The van der Waals surface area contributed by atoms with Gasteiger partial charge >= 0.3 is 0 Å². The second kappa shape index (κ2) is 6.06. The zero-order valence-corrected chi connectivity index (χ0v) is 11.6. The zero-order chi connectivity index (χ0) is 13.0. The van der Waals surface area contributed by atoms with Crippen LogP contribution in [-0.4, -0.2) is 17.8 Å². The Hall–Kier alpha value is -1.02. The molecule has 1 aromatic carbocycles. The van der Waals surface area contributed by atoms with Crippen LogP contribution in [0.15, 0.2) is 18.2 Å². The first-order chi connectivity index (χ1) is 7.91. The van der Waals surface area contributed by atoms with Gasteiger partial charge in [0.2, 0.25) is 0 Å². The number of halogens is 1. The van der Waals surface area contributed by atoms with E-state index in [0.717, 1.165) is 16.7 Å². The summed E-state index contributed by atoms with van der Waals surface area (Å²) in [4.78, 5) is 11.9. The minimum absolute atomic E-state index is 0.0234. The van der Waals surface area contributed by atoms with E-state index in [1.165, 1.54) is 0 Å². The molecule has 0 bridgehead atoms. The molecule has 0 spiro atoms. The van der Waals surface area contributed by atoms with Crippen molar-refractivity contribution in [2.24, 2.45) is 5.92 Å². The highest BCUT2D eigenvalue weighted by Crippen LogP contribution is 2.11. The number of benzene rings is 1. The van der Waals surface area contributed by atoms with Crippen molar-refractivity contribution < 1.29 is 4.79 Å². The minimum atomic E-state index is -0.0474. The Kier molecular flexibility index (Phi) is 5.01. The lowest BCUT2D eigenvalue weighted by molar-refractivity contribution is 0.0952. The van der Waals surface area contributed by atoms with Gasteiger partial charge in [0.05, 0.1) is 5.38 Å². The molecule has 0 aliphatic rings. The Morgan fingerprint density at radius 2 is 2.00 bits per heavy atom. The van der Waals surface area contributed by atoms with E-state index in [-0.39, 0.29) is 11.3 Å². The van der Waals surface area contributed by atoms with E-state index in [9.17, 15) is 4.79 Å². The van der Waals surface area contributed by atoms with Crippen LogP contribution in [0.3, 0.4) is 0 Å². The molecule has 0 aromatic heterocycles. The summed E-state index contributed by atoms with van der Waals surface area (Å²) < 4.78 is 0. The Bertz CT molecular complexity index is 401. The van der Waals surface area contributed by atoms with E-state index < -0.39 is 0 Å². The Morgan fingerprint density at radius 3 is 2.53 bits per heavy atom. The summed E-state index contributed by atoms with van der Waals surface area (Å²) in [7, 11) is 0. The largest absolute Gasteiger partial charge is 0.351 e. The summed E-state index contributed by atoms with van der Waals surface area (Å²) in [5.41, 5.74) is 2.89. The first-order valence-corrected chi connectivity index (χ1v) is 6.35. The normalized spacial score (nSPS) is 12.6. The topological polar surface area (TPSA) is 29.1 Å². The van der Waals surface area contributed by atoms with Crippen LogP contribution in [0.25, 0.3) is 0 Å². The Morgan fingerprint density at radius 1 is 1.35 bits per heavy atom. The van der Waals surface area contributed by atoms with Crippen LogP contribution in [0.4, 0.5) is 0 Å². The fraction of sp³-hybridized carbons (Fsp3) is 0.500. The number of hydrogen-bond acceptors (Lipinski definition) is 1. The molecule has 1 unspecified atom stereocenters. The maximum absolute atomic E-state index is 11.9. The number of carbonyl (C=O) groups excluding carboxylic acids is 1. The van der Waals surface area contributed by atoms with Gasteiger partial charge in [-0.3, -0.25) is 4.79 Å². The van der Waals surface area contributed by atoms with E-state index in [1.54, 1.807) is 0 Å². The fourth-order valence-electron chi connectivity index (χ4n) is 1.59. The third-order valence-corrected chi connectivity index (χ3v) is 3.47. The Balaban J connectivity index is 2.64. The van der Waals surface area contributed by atoms with Crippen LogP contribution < -0.4 is 5.32 Å². The molecular formula is C14H20ClNO. The molecule has 17 heavy (non-hydrogen) atoms. The van der Waals surface area contributed by atoms with Crippen molar-refractivity contribution in [1.29, 1.82) is 0 Å². The second-order valence-electron chi connectivity index (χ2n) is 4.79. The molecule has 0 radical (unpaired) electrons. The zero-order valence-electron chi connectivity index (χ0n) is 10.9. The lowest BCUT2D eigenvalue weighted by Crippen LogP contribution is -2.32. The summed E-state index contributed by atoms with van der Waals surface area (Å²) >= 11 is 6.10. The summed E-state index contributed by atoms with van der Waals surface area (Å²) in [5.74, 6) is 0.310. The quantitative estimate of drug-likeness (QED) is 0.820. The van der Waals surface area contributed by atoms with Gasteiger partial charge in [0.25, 0.3) is 5.91 Å². The monoisotopic (exact) mass is 253 g/mol. The standard InChI is InChI=1S/C14H20ClNO/c1-9(2)13(15)8-16-14(17)12-6-5-10(3)7-11(12)4/h5-7,9,13H,8H2,1-4H3,(H,16,17). The highest BCUT2D eigenvalue weighted by molar-refractivity contribution is 6.21. The van der Waals surface area contributed by atoms with Crippen LogP contribution in [0.5, 0.6) is 0 Å². The molecule has 94 valence electrons. The predicted molar refractivity (Wildman–Crippen MR) is 72.7 cm³/mol. The van der Waals surface area contributed by atoms with E-state index >= 15 is 0 Å². The predicted octanol–water partition coefficient (Wildman–Crippen LogP) is 3.30. The Labute approximate surface area is 108 Å². The maximum atomic E-state index is 11.9. The van der Waals surface area contributed by atoms with Crippen molar-refractivity contribution in [1.82, 2.24) is 5.32 Å². The summed E-state index contributed by atoms with van der Waals surface area (Å²) in [6, 6.07) is 5.82. The van der Waals surface area contributed by atoms with Gasteiger partial charge < -0.3 is 5.32 Å². The lowest BCUT2D eigenvalue weighted by atomic mass is 10.0. The smallest absolute Gasteiger partial charge is 0.251 e. The van der Waals surface area contributed by atoms with Gasteiger partial charge in [-0.25, -0.2) is 0 Å². The van der Waals surface area contributed by atoms with Crippen molar-refractivity contribution in [2.45, 2.75) is 33.1 Å². The average Bonchev–Trinajstić information content (AvgIpc) is 2.25. The third kappa shape index (κ3) is 4.04. The molecule has 0 fully saturated rings. The van der Waals surface area contributed by atoms with E-state index in [2.05, 4.69) is 5.32 Å². The number of amides is 1. The third-order valence-electron chi connectivity index (χ3n) is 2.81. The van der Waals surface area contributed by atoms with Gasteiger partial charge in [-0.05, 0) is 31.4 Å². The SMILES string of the molecule is Cc1ccc(C(=O)NCC(Cl)C(C)C)c(C)c1. The number of carbonyl (C=O) groups is 1. The van der Waals surface area contributed by atoms with Crippen LogP contribution in [0.2, 0.25) is 0 Å². The highest BCUT2D eigenvalue weighted by Gasteiger charge is 2.13. The molecule has 0 aliphatic carbocycles. The molecule has 1 N–H and O–H groups in total. The lowest BCUT2D eigenvalue weighted by Gasteiger charge is -2.14. The van der Waals surface area contributed by atoms with Crippen LogP contribution in [0.1, 0.15) is 35.3 Å². The number of hydrogen-bond donors (Lipinski definition) is 1. The first kappa shape index (κ1) is 14.0. The summed E-state index contributed by atoms with van der Waals surface area (Å²) in [6.45, 7) is 8.55. The molecular weight excluding hydrogens is 234 g/mol. The molecule has 1 rings (SSSR count). The van der Waals surface area contributed by atoms with Gasteiger partial charge in [0.1, 0.15) is 0 Å². The molecule has 3 heteroatoms. The first-order valence-electron chi connectivity index (χ1n) is 5.91. The molecule has 0 aliphatic heterocycles. The van der Waals surface area contributed by atoms with E-state index in [0.29, 0.717) is 12.5 Å². The van der Waals surface area contributed by atoms with Crippen molar-refractivity contribution in [3.05, 3.63) is 34.9 Å². The van der Waals surface area contributed by atoms with Crippen LogP contribution >= 0.6 is 11.6 Å². The van der Waals surface area contributed by atoms with Crippen molar-refractivity contribution in [2.75, 3.05) is 6.54 Å². The number of alkyl halides is 1. The van der Waals surface area contributed by atoms with E-state index in [1.807, 2.05) is 45.9 Å². The molecule has 0 saturated heterocycles. The van der Waals surface area contributed by atoms with Gasteiger partial charge in [-0.15, -0.1) is 11.6 Å².